The van der Waals surface area contributed by atoms with Crippen molar-refractivity contribution in [1.82, 2.24) is 14.6 Å². The summed E-state index contributed by atoms with van der Waals surface area (Å²) in [7, 11) is 0. The van der Waals surface area contributed by atoms with Gasteiger partial charge in [-0.05, 0) is 62.1 Å². The second-order valence-corrected chi connectivity index (χ2v) is 9.17. The minimum atomic E-state index is 0.477. The van der Waals surface area contributed by atoms with Crippen LogP contribution in [0.1, 0.15) is 43.2 Å². The van der Waals surface area contributed by atoms with E-state index in [2.05, 4.69) is 56.1 Å². The van der Waals surface area contributed by atoms with Crippen molar-refractivity contribution in [2.24, 2.45) is 0 Å². The number of fused-ring (bicyclic) bond motifs is 1. The highest BCUT2D eigenvalue weighted by atomic mass is 32.2. The Bertz CT molecular complexity index is 1120. The Kier molecular flexibility index (Phi) is 5.60. The van der Waals surface area contributed by atoms with Crippen molar-refractivity contribution in [3.05, 3.63) is 41.6 Å². The average molecular weight is 434 g/mol. The zero-order chi connectivity index (χ0) is 21.2. The number of aromatic nitrogens is 3. The van der Waals surface area contributed by atoms with Crippen molar-refractivity contribution in [3.63, 3.8) is 0 Å². The predicted molar refractivity (Wildman–Crippen MR) is 127 cm³/mol. The van der Waals surface area contributed by atoms with E-state index in [0.717, 1.165) is 43.2 Å². The van der Waals surface area contributed by atoms with E-state index in [9.17, 15) is 5.26 Å². The van der Waals surface area contributed by atoms with Gasteiger partial charge in [0, 0.05) is 42.3 Å². The molecule has 0 amide bonds. The van der Waals surface area contributed by atoms with Gasteiger partial charge in [-0.2, -0.15) is 26.6 Å². The highest BCUT2D eigenvalue weighted by Gasteiger charge is 2.23. The molecular weight excluding hydrogens is 406 g/mol. The zero-order valence-corrected chi connectivity index (χ0v) is 18.6. The smallest absolute Gasteiger partial charge is 0.177 e. The topological polar surface area (TPSA) is 81.3 Å². The van der Waals surface area contributed by atoms with Crippen LogP contribution in [0, 0.1) is 11.3 Å². The van der Waals surface area contributed by atoms with Gasteiger partial charge in [0.25, 0.3) is 0 Å². The molecule has 0 bridgehead atoms. The third-order valence-electron chi connectivity index (χ3n) is 5.87. The zero-order valence-electron chi connectivity index (χ0n) is 17.8. The van der Waals surface area contributed by atoms with Gasteiger partial charge in [0.15, 0.2) is 5.65 Å². The van der Waals surface area contributed by atoms with Crippen LogP contribution in [0.25, 0.3) is 5.65 Å². The van der Waals surface area contributed by atoms with E-state index in [0.29, 0.717) is 23.1 Å². The van der Waals surface area contributed by atoms with Crippen molar-refractivity contribution in [2.45, 2.75) is 43.9 Å². The number of nitrogens with zero attached hydrogens (tertiary/aromatic N) is 5. The monoisotopic (exact) mass is 433 g/mol. The molecule has 0 radical (unpaired) electrons. The predicted octanol–water partition coefficient (Wildman–Crippen LogP) is 4.77. The molecule has 160 valence electrons. The van der Waals surface area contributed by atoms with E-state index in [-0.39, 0.29) is 0 Å². The van der Waals surface area contributed by atoms with Crippen molar-refractivity contribution >= 4 is 40.4 Å². The molecule has 2 aliphatic rings. The van der Waals surface area contributed by atoms with E-state index in [1.54, 1.807) is 10.7 Å². The Labute approximate surface area is 186 Å². The summed E-state index contributed by atoms with van der Waals surface area (Å²) in [4.78, 5) is 7.21. The lowest BCUT2D eigenvalue weighted by atomic mass is 10.1. The first-order valence-corrected chi connectivity index (χ1v) is 12.3. The maximum absolute atomic E-state index is 9.45. The fourth-order valence-electron chi connectivity index (χ4n) is 4.17. The normalized spacial score (nSPS) is 16.3. The first kappa shape index (κ1) is 20.0. The molecule has 3 heterocycles. The van der Waals surface area contributed by atoms with Crippen molar-refractivity contribution in [2.75, 3.05) is 34.9 Å². The summed E-state index contributed by atoms with van der Waals surface area (Å²) in [6, 6.07) is 11.3. The molecule has 1 aliphatic heterocycles. The van der Waals surface area contributed by atoms with Crippen molar-refractivity contribution in [1.29, 1.82) is 5.26 Å². The summed E-state index contributed by atoms with van der Waals surface area (Å²) < 4.78 is 1.72. The first-order valence-electron chi connectivity index (χ1n) is 10.9. The van der Waals surface area contributed by atoms with Crippen LogP contribution < -0.4 is 15.5 Å². The van der Waals surface area contributed by atoms with Crippen LogP contribution in [-0.2, 0) is 5.75 Å². The van der Waals surface area contributed by atoms with Crippen LogP contribution in [0.15, 0.2) is 30.5 Å². The molecule has 5 rings (SSSR count). The number of hydrogen-bond donors (Lipinski definition) is 2. The molecule has 31 heavy (non-hydrogen) atoms. The lowest BCUT2D eigenvalue weighted by molar-refractivity contribution is 0.577. The third-order valence-corrected chi connectivity index (χ3v) is 6.47. The molecule has 0 spiro atoms. The standard InChI is InChI=1S/C23H27N7S/c1-31-15-16-11-19(7-8-20(16)29-9-3-2-4-10-29)26-21-12-22(27-18-5-6-18)30-23(28-21)17(13-24)14-25-30/h7-8,11-12,14,18,27H,2-6,9-10,15H2,1H3,(H,26,28). The SMILES string of the molecule is CSCc1cc(Nc2cc(NC3CC3)n3ncc(C#N)c3n2)ccc1N1CCCCC1. The number of piperidine rings is 1. The molecule has 3 aromatic rings. The second kappa shape index (κ2) is 8.67. The maximum Gasteiger partial charge on any atom is 0.177 e. The molecule has 1 saturated heterocycles. The van der Waals surface area contributed by atoms with Crippen LogP contribution in [0.5, 0.6) is 0 Å². The highest BCUT2D eigenvalue weighted by molar-refractivity contribution is 7.97. The molecule has 0 unspecified atom stereocenters. The number of thioether (sulfide) groups is 1. The fraction of sp³-hybridized carbons (Fsp3) is 0.435. The minimum absolute atomic E-state index is 0.477. The van der Waals surface area contributed by atoms with Crippen LogP contribution in [0.4, 0.5) is 23.0 Å². The molecule has 2 fully saturated rings. The van der Waals surface area contributed by atoms with Gasteiger partial charge in [-0.3, -0.25) is 0 Å². The summed E-state index contributed by atoms with van der Waals surface area (Å²) in [5, 5.41) is 20.8. The van der Waals surface area contributed by atoms with E-state index < -0.39 is 0 Å². The summed E-state index contributed by atoms with van der Waals surface area (Å²) in [6.07, 6.45) is 9.92. The quantitative estimate of drug-likeness (QED) is 0.555. The van der Waals surface area contributed by atoms with E-state index in [1.165, 1.54) is 30.5 Å². The average Bonchev–Trinajstić information content (AvgIpc) is 3.51. The molecule has 2 N–H and O–H groups in total. The number of hydrogen-bond acceptors (Lipinski definition) is 7. The molecule has 1 saturated carbocycles. The lowest BCUT2D eigenvalue weighted by Gasteiger charge is -2.31. The minimum Gasteiger partial charge on any atom is -0.371 e. The van der Waals surface area contributed by atoms with Gasteiger partial charge in [-0.25, -0.2) is 4.98 Å². The van der Waals surface area contributed by atoms with Crippen LogP contribution in [-0.4, -0.2) is 40.0 Å². The molecule has 2 aromatic heterocycles. The number of rotatable bonds is 7. The van der Waals surface area contributed by atoms with Gasteiger partial charge in [-0.1, -0.05) is 0 Å². The number of benzene rings is 1. The van der Waals surface area contributed by atoms with Gasteiger partial charge in [-0.15, -0.1) is 0 Å². The molecule has 0 atom stereocenters. The number of nitrogens with one attached hydrogen (secondary N) is 2. The summed E-state index contributed by atoms with van der Waals surface area (Å²) in [5.74, 6) is 2.56. The van der Waals surface area contributed by atoms with Gasteiger partial charge in [0.05, 0.1) is 6.20 Å². The van der Waals surface area contributed by atoms with Gasteiger partial charge in [0.1, 0.15) is 23.3 Å². The largest absolute Gasteiger partial charge is 0.371 e. The van der Waals surface area contributed by atoms with Gasteiger partial charge < -0.3 is 15.5 Å². The van der Waals surface area contributed by atoms with E-state index >= 15 is 0 Å². The molecule has 1 aliphatic carbocycles. The fourth-order valence-corrected chi connectivity index (χ4v) is 4.71. The number of anilines is 4. The Balaban J connectivity index is 1.47. The highest BCUT2D eigenvalue weighted by Crippen LogP contribution is 2.32. The maximum atomic E-state index is 9.45. The van der Waals surface area contributed by atoms with Gasteiger partial charge in [0.2, 0.25) is 0 Å². The second-order valence-electron chi connectivity index (χ2n) is 8.30. The Hall–Kier alpha value is -2.92. The molecule has 1 aromatic carbocycles. The van der Waals surface area contributed by atoms with Crippen molar-refractivity contribution in [3.8, 4) is 6.07 Å². The lowest BCUT2D eigenvalue weighted by Crippen LogP contribution is -2.30. The third kappa shape index (κ3) is 4.28. The first-order chi connectivity index (χ1) is 15.2. The molecule has 8 heteroatoms. The summed E-state index contributed by atoms with van der Waals surface area (Å²) in [6.45, 7) is 2.28. The van der Waals surface area contributed by atoms with Crippen LogP contribution in [0.2, 0.25) is 0 Å². The Morgan fingerprint density at radius 2 is 2.03 bits per heavy atom. The molecular formula is C23H27N7S. The van der Waals surface area contributed by atoms with E-state index in [1.807, 2.05) is 17.8 Å². The van der Waals surface area contributed by atoms with Crippen molar-refractivity contribution < 1.29 is 0 Å². The van der Waals surface area contributed by atoms with E-state index in [4.69, 9.17) is 0 Å². The number of nitriles is 1. The molecule has 7 nitrogen and oxygen atoms in total. The Morgan fingerprint density at radius 3 is 2.77 bits per heavy atom. The van der Waals surface area contributed by atoms with Crippen LogP contribution >= 0.6 is 11.8 Å². The summed E-state index contributed by atoms with van der Waals surface area (Å²) >= 11 is 1.84. The Morgan fingerprint density at radius 1 is 1.19 bits per heavy atom. The van der Waals surface area contributed by atoms with Crippen LogP contribution in [0.3, 0.4) is 0 Å². The summed E-state index contributed by atoms with van der Waals surface area (Å²) in [5.41, 5.74) is 4.76. The van der Waals surface area contributed by atoms with Gasteiger partial charge >= 0.3 is 0 Å².